The summed E-state index contributed by atoms with van der Waals surface area (Å²) in [5.74, 6) is 0.636. The van der Waals surface area contributed by atoms with Crippen LogP contribution in [0.3, 0.4) is 0 Å². The molecule has 0 radical (unpaired) electrons. The highest BCUT2D eigenvalue weighted by atomic mass is 16.5. The Morgan fingerprint density at radius 1 is 1.25 bits per heavy atom. The summed E-state index contributed by atoms with van der Waals surface area (Å²) >= 11 is 0. The SMILES string of the molecule is CCCNC1CCOCC1CCOCCC. The van der Waals surface area contributed by atoms with E-state index in [1.54, 1.807) is 0 Å². The molecule has 0 spiro atoms. The lowest BCUT2D eigenvalue weighted by molar-refractivity contribution is 0.0140. The van der Waals surface area contributed by atoms with Gasteiger partial charge in [-0.3, -0.25) is 0 Å². The largest absolute Gasteiger partial charge is 0.381 e. The molecule has 1 aliphatic heterocycles. The van der Waals surface area contributed by atoms with Crippen LogP contribution >= 0.6 is 0 Å². The molecule has 0 aromatic rings. The summed E-state index contributed by atoms with van der Waals surface area (Å²) in [5.41, 5.74) is 0. The zero-order valence-corrected chi connectivity index (χ0v) is 10.8. The summed E-state index contributed by atoms with van der Waals surface area (Å²) in [6.07, 6.45) is 4.59. The molecule has 16 heavy (non-hydrogen) atoms. The van der Waals surface area contributed by atoms with Gasteiger partial charge in [0.05, 0.1) is 6.61 Å². The van der Waals surface area contributed by atoms with Crippen LogP contribution in [0, 0.1) is 5.92 Å². The van der Waals surface area contributed by atoms with E-state index in [-0.39, 0.29) is 0 Å². The lowest BCUT2D eigenvalue weighted by atomic mass is 9.93. The third-order valence-electron chi connectivity index (χ3n) is 3.11. The Hall–Kier alpha value is -0.120. The Morgan fingerprint density at radius 3 is 2.88 bits per heavy atom. The van der Waals surface area contributed by atoms with Gasteiger partial charge in [-0.05, 0) is 38.1 Å². The van der Waals surface area contributed by atoms with Crippen LogP contribution in [-0.2, 0) is 9.47 Å². The second-order valence-corrected chi connectivity index (χ2v) is 4.59. The highest BCUT2D eigenvalue weighted by Gasteiger charge is 2.24. The van der Waals surface area contributed by atoms with E-state index in [1.165, 1.54) is 6.42 Å². The average Bonchev–Trinajstić information content (AvgIpc) is 2.33. The molecule has 96 valence electrons. The van der Waals surface area contributed by atoms with Crippen LogP contribution in [0.5, 0.6) is 0 Å². The molecule has 3 nitrogen and oxygen atoms in total. The fraction of sp³-hybridized carbons (Fsp3) is 1.00. The van der Waals surface area contributed by atoms with Gasteiger partial charge in [-0.1, -0.05) is 13.8 Å². The van der Waals surface area contributed by atoms with Gasteiger partial charge in [0.2, 0.25) is 0 Å². The van der Waals surface area contributed by atoms with E-state index >= 15 is 0 Å². The second-order valence-electron chi connectivity index (χ2n) is 4.59. The molecular formula is C13H27NO2. The summed E-state index contributed by atoms with van der Waals surface area (Å²) in [6.45, 7) is 9.06. The quantitative estimate of drug-likeness (QED) is 0.647. The number of hydrogen-bond acceptors (Lipinski definition) is 3. The van der Waals surface area contributed by atoms with E-state index in [0.717, 1.165) is 52.2 Å². The first-order chi connectivity index (χ1) is 7.88. The molecule has 1 saturated heterocycles. The van der Waals surface area contributed by atoms with E-state index in [4.69, 9.17) is 9.47 Å². The summed E-state index contributed by atoms with van der Waals surface area (Å²) in [4.78, 5) is 0. The number of ether oxygens (including phenoxy) is 2. The van der Waals surface area contributed by atoms with Crippen molar-refractivity contribution in [3.63, 3.8) is 0 Å². The van der Waals surface area contributed by atoms with Crippen molar-refractivity contribution in [2.75, 3.05) is 33.0 Å². The van der Waals surface area contributed by atoms with E-state index in [2.05, 4.69) is 19.2 Å². The van der Waals surface area contributed by atoms with Gasteiger partial charge in [-0.25, -0.2) is 0 Å². The molecule has 1 N–H and O–H groups in total. The molecule has 1 heterocycles. The molecule has 0 aromatic carbocycles. The molecule has 2 unspecified atom stereocenters. The molecule has 1 aliphatic rings. The van der Waals surface area contributed by atoms with Gasteiger partial charge in [0, 0.05) is 25.9 Å². The van der Waals surface area contributed by atoms with Crippen molar-refractivity contribution >= 4 is 0 Å². The molecule has 1 fully saturated rings. The monoisotopic (exact) mass is 229 g/mol. The van der Waals surface area contributed by atoms with Crippen LogP contribution in [0.1, 0.15) is 39.5 Å². The molecule has 0 aliphatic carbocycles. The number of rotatable bonds is 8. The minimum Gasteiger partial charge on any atom is -0.381 e. The van der Waals surface area contributed by atoms with Crippen LogP contribution in [0.25, 0.3) is 0 Å². The summed E-state index contributed by atoms with van der Waals surface area (Å²) in [5, 5.41) is 3.63. The normalized spacial score (nSPS) is 25.9. The van der Waals surface area contributed by atoms with Crippen molar-refractivity contribution in [1.82, 2.24) is 5.32 Å². The van der Waals surface area contributed by atoms with Crippen LogP contribution in [0.2, 0.25) is 0 Å². The lowest BCUT2D eigenvalue weighted by Crippen LogP contribution is -2.43. The lowest BCUT2D eigenvalue weighted by Gasteiger charge is -2.32. The summed E-state index contributed by atoms with van der Waals surface area (Å²) in [6, 6.07) is 0.638. The van der Waals surface area contributed by atoms with Crippen molar-refractivity contribution in [2.45, 2.75) is 45.6 Å². The maximum absolute atomic E-state index is 5.56. The van der Waals surface area contributed by atoms with Gasteiger partial charge in [-0.2, -0.15) is 0 Å². The van der Waals surface area contributed by atoms with E-state index in [0.29, 0.717) is 12.0 Å². The van der Waals surface area contributed by atoms with Crippen LogP contribution < -0.4 is 5.32 Å². The van der Waals surface area contributed by atoms with Gasteiger partial charge in [0.1, 0.15) is 0 Å². The predicted molar refractivity (Wildman–Crippen MR) is 66.7 cm³/mol. The Morgan fingerprint density at radius 2 is 2.12 bits per heavy atom. The standard InChI is InChI=1S/C13H27NO2/c1-3-7-14-13-6-10-16-11-12(13)5-9-15-8-4-2/h12-14H,3-11H2,1-2H3. The maximum Gasteiger partial charge on any atom is 0.0510 e. The molecule has 2 atom stereocenters. The van der Waals surface area contributed by atoms with Gasteiger partial charge >= 0.3 is 0 Å². The van der Waals surface area contributed by atoms with Crippen molar-refractivity contribution < 1.29 is 9.47 Å². The summed E-state index contributed by atoms with van der Waals surface area (Å²) in [7, 11) is 0. The highest BCUT2D eigenvalue weighted by Crippen LogP contribution is 2.18. The molecule has 1 rings (SSSR count). The Bertz CT molecular complexity index is 164. The topological polar surface area (TPSA) is 30.5 Å². The van der Waals surface area contributed by atoms with Crippen LogP contribution in [0.15, 0.2) is 0 Å². The third kappa shape index (κ3) is 5.28. The zero-order chi connectivity index (χ0) is 11.6. The first kappa shape index (κ1) is 13.9. The Labute approximate surface area is 99.9 Å². The zero-order valence-electron chi connectivity index (χ0n) is 10.8. The first-order valence-corrected chi connectivity index (χ1v) is 6.77. The number of nitrogens with one attached hydrogen (secondary N) is 1. The molecular weight excluding hydrogens is 202 g/mol. The Balaban J connectivity index is 2.18. The third-order valence-corrected chi connectivity index (χ3v) is 3.11. The summed E-state index contributed by atoms with van der Waals surface area (Å²) < 4.78 is 11.1. The molecule has 0 amide bonds. The van der Waals surface area contributed by atoms with Crippen LogP contribution in [0.4, 0.5) is 0 Å². The Kier molecular flexibility index (Phi) is 7.81. The van der Waals surface area contributed by atoms with Crippen molar-refractivity contribution in [3.8, 4) is 0 Å². The van der Waals surface area contributed by atoms with Gasteiger partial charge in [0.25, 0.3) is 0 Å². The second kappa shape index (κ2) is 8.97. The van der Waals surface area contributed by atoms with E-state index in [9.17, 15) is 0 Å². The van der Waals surface area contributed by atoms with Crippen molar-refractivity contribution in [1.29, 1.82) is 0 Å². The van der Waals surface area contributed by atoms with Crippen molar-refractivity contribution in [3.05, 3.63) is 0 Å². The minimum absolute atomic E-state index is 0.636. The van der Waals surface area contributed by atoms with Crippen LogP contribution in [-0.4, -0.2) is 39.0 Å². The smallest absolute Gasteiger partial charge is 0.0510 e. The maximum atomic E-state index is 5.56. The van der Waals surface area contributed by atoms with Gasteiger partial charge in [-0.15, -0.1) is 0 Å². The number of hydrogen-bond donors (Lipinski definition) is 1. The minimum atomic E-state index is 0.636. The highest BCUT2D eigenvalue weighted by molar-refractivity contribution is 4.79. The molecule has 0 aromatic heterocycles. The van der Waals surface area contributed by atoms with E-state index in [1.807, 2.05) is 0 Å². The molecule has 0 bridgehead atoms. The fourth-order valence-electron chi connectivity index (χ4n) is 2.16. The van der Waals surface area contributed by atoms with Gasteiger partial charge < -0.3 is 14.8 Å². The predicted octanol–water partition coefficient (Wildman–Crippen LogP) is 2.21. The average molecular weight is 229 g/mol. The molecule has 3 heteroatoms. The first-order valence-electron chi connectivity index (χ1n) is 6.77. The van der Waals surface area contributed by atoms with Gasteiger partial charge in [0.15, 0.2) is 0 Å². The van der Waals surface area contributed by atoms with E-state index < -0.39 is 0 Å². The van der Waals surface area contributed by atoms with Crippen molar-refractivity contribution in [2.24, 2.45) is 5.92 Å². The fourth-order valence-corrected chi connectivity index (χ4v) is 2.16. The molecule has 0 saturated carbocycles.